The molecule has 0 unspecified atom stereocenters. The summed E-state index contributed by atoms with van der Waals surface area (Å²) in [5, 5.41) is 11.9. The number of anilines is 1. The van der Waals surface area contributed by atoms with E-state index >= 15 is 0 Å². The van der Waals surface area contributed by atoms with E-state index in [-0.39, 0.29) is 5.91 Å². The number of benzene rings is 2. The number of carbonyl (C=O) groups is 2. The van der Waals surface area contributed by atoms with Crippen molar-refractivity contribution in [1.29, 1.82) is 0 Å². The fraction of sp³-hybridized carbons (Fsp3) is 0.385. The van der Waals surface area contributed by atoms with Crippen molar-refractivity contribution in [3.8, 4) is 12.3 Å². The minimum atomic E-state index is -3.45. The maximum Gasteiger partial charge on any atom is 0.251 e. The topological polar surface area (TPSA) is 119 Å². The molecule has 1 fully saturated rings. The highest BCUT2D eigenvalue weighted by molar-refractivity contribution is 7.93. The minimum Gasteiger partial charge on any atom is -0.365 e. The minimum absolute atomic E-state index is 0.328. The highest BCUT2D eigenvalue weighted by Crippen LogP contribution is 2.39. The lowest BCUT2D eigenvalue weighted by Crippen LogP contribution is -2.48. The Kier molecular flexibility index (Phi) is 7.09. The summed E-state index contributed by atoms with van der Waals surface area (Å²) in [5.74, 6) is 1.01. The number of hydrogen-bond donors (Lipinski definition) is 3. The number of para-hydroxylation sites is 1. The molecule has 0 aliphatic carbocycles. The van der Waals surface area contributed by atoms with Gasteiger partial charge in [-0.2, -0.15) is 0 Å². The number of nitrogens with one attached hydrogen (secondary N) is 2. The van der Waals surface area contributed by atoms with E-state index in [2.05, 4.69) is 11.2 Å². The standard InChI is InChI=1S/C26H30N4O5S/c1-4-13-29-15-20(25(32)28-33)21(16-29)27-24(31)19-11-9-18(10-12-19)14-30-17-26(2,3)36(34,35)23-8-6-5-7-22(23)30/h1,5-12,20-21,33H,13-17H2,2-3H3,(H,27,31)(H,28,32)/t20-,21+/m0/s1. The summed E-state index contributed by atoms with van der Waals surface area (Å²) in [5.41, 5.74) is 3.69. The predicted molar refractivity (Wildman–Crippen MR) is 135 cm³/mol. The molecule has 4 rings (SSSR count). The van der Waals surface area contributed by atoms with E-state index in [1.54, 1.807) is 43.6 Å². The molecule has 0 radical (unpaired) electrons. The van der Waals surface area contributed by atoms with Crippen LogP contribution in [0.2, 0.25) is 0 Å². The molecule has 9 nitrogen and oxygen atoms in total. The van der Waals surface area contributed by atoms with Gasteiger partial charge in [-0.3, -0.25) is 19.7 Å². The molecule has 0 spiro atoms. The second kappa shape index (κ2) is 9.93. The van der Waals surface area contributed by atoms with Crippen LogP contribution in [0.15, 0.2) is 53.4 Å². The summed E-state index contributed by atoms with van der Waals surface area (Å²) in [6, 6.07) is 13.6. The molecule has 2 aliphatic heterocycles. The number of likely N-dealkylation sites (tertiary alicyclic amines) is 1. The Labute approximate surface area is 211 Å². The van der Waals surface area contributed by atoms with E-state index in [9.17, 15) is 18.0 Å². The van der Waals surface area contributed by atoms with E-state index in [0.29, 0.717) is 48.9 Å². The van der Waals surface area contributed by atoms with Crippen molar-refractivity contribution >= 4 is 27.3 Å². The van der Waals surface area contributed by atoms with E-state index in [0.717, 1.165) is 5.56 Å². The van der Waals surface area contributed by atoms with Gasteiger partial charge in [-0.1, -0.05) is 30.2 Å². The number of carbonyl (C=O) groups excluding carboxylic acids is 2. The van der Waals surface area contributed by atoms with Crippen molar-refractivity contribution in [2.45, 2.75) is 36.1 Å². The average Bonchev–Trinajstić information content (AvgIpc) is 3.25. The lowest BCUT2D eigenvalue weighted by Gasteiger charge is -2.40. The van der Waals surface area contributed by atoms with Crippen LogP contribution in [-0.4, -0.2) is 67.3 Å². The van der Waals surface area contributed by atoms with Crippen molar-refractivity contribution in [3.63, 3.8) is 0 Å². The average molecular weight is 511 g/mol. The van der Waals surface area contributed by atoms with Gasteiger partial charge in [0.05, 0.1) is 33.8 Å². The van der Waals surface area contributed by atoms with E-state index in [1.807, 2.05) is 34.1 Å². The molecule has 0 aromatic heterocycles. The number of fused-ring (bicyclic) bond motifs is 1. The molecule has 190 valence electrons. The van der Waals surface area contributed by atoms with Gasteiger partial charge in [0.25, 0.3) is 5.91 Å². The zero-order valence-corrected chi connectivity index (χ0v) is 21.1. The van der Waals surface area contributed by atoms with Gasteiger partial charge >= 0.3 is 0 Å². The Bertz CT molecular complexity index is 1300. The van der Waals surface area contributed by atoms with Crippen molar-refractivity contribution in [2.75, 3.05) is 31.1 Å². The molecule has 2 aromatic rings. The van der Waals surface area contributed by atoms with Crippen LogP contribution in [-0.2, 0) is 21.2 Å². The lowest BCUT2D eigenvalue weighted by molar-refractivity contribution is -0.133. The van der Waals surface area contributed by atoms with Crippen molar-refractivity contribution in [3.05, 3.63) is 59.7 Å². The molecule has 2 aliphatic rings. The lowest BCUT2D eigenvalue weighted by atomic mass is 10.0. The maximum atomic E-state index is 13.0. The van der Waals surface area contributed by atoms with Crippen LogP contribution in [0.25, 0.3) is 0 Å². The Morgan fingerprint density at radius 2 is 1.83 bits per heavy atom. The SMILES string of the molecule is C#CCN1C[C@H](C(=O)NO)[C@H](NC(=O)c2ccc(CN3CC(C)(C)S(=O)(=O)c4ccccc43)cc2)C1. The number of rotatable bonds is 6. The summed E-state index contributed by atoms with van der Waals surface area (Å²) in [7, 11) is -3.45. The molecule has 2 atom stereocenters. The number of nitrogens with zero attached hydrogens (tertiary/aromatic N) is 2. The summed E-state index contributed by atoms with van der Waals surface area (Å²) in [4.78, 5) is 29.2. The molecular weight excluding hydrogens is 480 g/mol. The van der Waals surface area contributed by atoms with Crippen LogP contribution >= 0.6 is 0 Å². The first-order valence-corrected chi connectivity index (χ1v) is 13.1. The smallest absolute Gasteiger partial charge is 0.251 e. The number of hydroxylamine groups is 1. The molecule has 1 saturated heterocycles. The zero-order valence-electron chi connectivity index (χ0n) is 20.3. The second-order valence-electron chi connectivity index (χ2n) is 9.84. The van der Waals surface area contributed by atoms with E-state index < -0.39 is 32.5 Å². The van der Waals surface area contributed by atoms with Crippen molar-refractivity contribution < 1.29 is 23.2 Å². The quantitative estimate of drug-likeness (QED) is 0.306. The summed E-state index contributed by atoms with van der Waals surface area (Å²) in [6.07, 6.45) is 5.37. The molecule has 10 heteroatoms. The Hall–Kier alpha value is -3.39. The zero-order chi connectivity index (χ0) is 26.1. The van der Waals surface area contributed by atoms with Gasteiger partial charge in [-0.15, -0.1) is 6.42 Å². The maximum absolute atomic E-state index is 13.0. The van der Waals surface area contributed by atoms with E-state index in [4.69, 9.17) is 11.6 Å². The number of sulfone groups is 1. The summed E-state index contributed by atoms with van der Waals surface area (Å²) in [6.45, 7) is 5.38. The van der Waals surface area contributed by atoms with Gasteiger partial charge in [0.15, 0.2) is 9.84 Å². The fourth-order valence-electron chi connectivity index (χ4n) is 4.89. The molecule has 2 heterocycles. The Morgan fingerprint density at radius 1 is 1.14 bits per heavy atom. The first-order valence-electron chi connectivity index (χ1n) is 11.7. The van der Waals surface area contributed by atoms with Gasteiger partial charge in [0, 0.05) is 31.7 Å². The van der Waals surface area contributed by atoms with Crippen molar-refractivity contribution in [1.82, 2.24) is 15.7 Å². The van der Waals surface area contributed by atoms with Crippen molar-refractivity contribution in [2.24, 2.45) is 5.92 Å². The molecule has 0 saturated carbocycles. The van der Waals surface area contributed by atoms with Crippen LogP contribution in [0.3, 0.4) is 0 Å². The third-order valence-corrected chi connectivity index (χ3v) is 9.37. The normalized spacial score (nSPS) is 22.3. The number of hydrogen-bond acceptors (Lipinski definition) is 7. The molecule has 3 N–H and O–H groups in total. The molecule has 36 heavy (non-hydrogen) atoms. The van der Waals surface area contributed by atoms with Crippen LogP contribution in [0.5, 0.6) is 0 Å². The monoisotopic (exact) mass is 510 g/mol. The van der Waals surface area contributed by atoms with Crippen LogP contribution in [0, 0.1) is 18.3 Å². The molecule has 0 bridgehead atoms. The molecule has 2 aromatic carbocycles. The first-order chi connectivity index (χ1) is 17.1. The summed E-state index contributed by atoms with van der Waals surface area (Å²) < 4.78 is 25.1. The highest BCUT2D eigenvalue weighted by Gasteiger charge is 2.43. The summed E-state index contributed by atoms with van der Waals surface area (Å²) >= 11 is 0. The first kappa shape index (κ1) is 25.7. The Balaban J connectivity index is 1.47. The fourth-order valence-corrected chi connectivity index (χ4v) is 6.54. The largest absolute Gasteiger partial charge is 0.365 e. The molecule has 2 amide bonds. The second-order valence-corrected chi connectivity index (χ2v) is 12.4. The predicted octanol–water partition coefficient (Wildman–Crippen LogP) is 1.43. The van der Waals surface area contributed by atoms with E-state index in [1.165, 1.54) is 0 Å². The van der Waals surface area contributed by atoms with Gasteiger partial charge < -0.3 is 10.2 Å². The van der Waals surface area contributed by atoms with Gasteiger partial charge in [-0.05, 0) is 43.7 Å². The Morgan fingerprint density at radius 3 is 2.50 bits per heavy atom. The van der Waals surface area contributed by atoms with Crippen LogP contribution < -0.4 is 15.7 Å². The van der Waals surface area contributed by atoms with Crippen LogP contribution in [0.1, 0.15) is 29.8 Å². The third kappa shape index (κ3) is 4.82. The number of terminal acetylenes is 1. The molecular formula is C26H30N4O5S. The van der Waals surface area contributed by atoms with Gasteiger partial charge in [0.2, 0.25) is 5.91 Å². The highest BCUT2D eigenvalue weighted by atomic mass is 32.2. The van der Waals surface area contributed by atoms with Gasteiger partial charge in [-0.25, -0.2) is 13.9 Å². The van der Waals surface area contributed by atoms with Crippen LogP contribution in [0.4, 0.5) is 5.69 Å². The van der Waals surface area contributed by atoms with Gasteiger partial charge in [0.1, 0.15) is 0 Å². The third-order valence-electron chi connectivity index (χ3n) is 6.86. The number of amides is 2.